The van der Waals surface area contributed by atoms with E-state index in [1.54, 1.807) is 4.90 Å². The lowest BCUT2D eigenvalue weighted by Gasteiger charge is -2.45. The minimum atomic E-state index is -1.14. The van der Waals surface area contributed by atoms with Crippen LogP contribution in [0.25, 0.3) is 0 Å². The fourth-order valence-electron chi connectivity index (χ4n) is 3.42. The summed E-state index contributed by atoms with van der Waals surface area (Å²) in [5.41, 5.74) is 2.07. The van der Waals surface area contributed by atoms with Gasteiger partial charge in [0, 0.05) is 28.3 Å². The van der Waals surface area contributed by atoms with Crippen molar-refractivity contribution in [1.82, 2.24) is 4.90 Å². The lowest BCUT2D eigenvalue weighted by atomic mass is 9.97. The normalized spacial score (nSPS) is 18.4. The Hall–Kier alpha value is -2.09. The molecular weight excluding hydrogens is 378 g/mol. The number of nitrogens with zero attached hydrogens (tertiary/aromatic N) is 1. The largest absolute Gasteiger partial charge is 0.324 e. The van der Waals surface area contributed by atoms with Gasteiger partial charge in [0.1, 0.15) is 5.37 Å². The smallest absolute Gasteiger partial charge is 0.226 e. The van der Waals surface area contributed by atoms with Crippen LogP contribution in [0.3, 0.4) is 0 Å². The maximum Gasteiger partial charge on any atom is 0.226 e. The molecular formula is C22H22ClNO2S. The van der Waals surface area contributed by atoms with Gasteiger partial charge in [-0.2, -0.15) is 0 Å². The van der Waals surface area contributed by atoms with Crippen molar-refractivity contribution in [3.05, 3.63) is 70.7 Å². The van der Waals surface area contributed by atoms with E-state index in [0.717, 1.165) is 11.1 Å². The molecule has 3 unspecified atom stereocenters. The predicted molar refractivity (Wildman–Crippen MR) is 111 cm³/mol. The first kappa shape index (κ1) is 19.7. The minimum Gasteiger partial charge on any atom is -0.324 e. The molecule has 5 heteroatoms. The fourth-order valence-corrected chi connectivity index (χ4v) is 5.22. The van der Waals surface area contributed by atoms with Gasteiger partial charge in [0.15, 0.2) is 0 Å². The molecule has 27 heavy (non-hydrogen) atoms. The molecule has 3 rings (SSSR count). The Morgan fingerprint density at radius 1 is 1.19 bits per heavy atom. The Kier molecular flexibility index (Phi) is 6.71. The van der Waals surface area contributed by atoms with Crippen molar-refractivity contribution < 1.29 is 9.00 Å². The van der Waals surface area contributed by atoms with E-state index in [1.807, 2.05) is 54.6 Å². The number of carbonyl (C=O) groups excluding carboxylic acids is 1. The third kappa shape index (κ3) is 5.00. The Balaban J connectivity index is 1.74. The van der Waals surface area contributed by atoms with E-state index in [1.165, 1.54) is 0 Å². The molecule has 1 aliphatic heterocycles. The molecule has 0 aromatic heterocycles. The lowest BCUT2D eigenvalue weighted by Crippen LogP contribution is -2.59. The van der Waals surface area contributed by atoms with Crippen molar-refractivity contribution in [2.45, 2.75) is 42.9 Å². The van der Waals surface area contributed by atoms with E-state index in [2.05, 4.69) is 5.92 Å². The Labute approximate surface area is 168 Å². The zero-order chi connectivity index (χ0) is 19.2. The van der Waals surface area contributed by atoms with Gasteiger partial charge in [-0.25, -0.2) is 0 Å². The zero-order valence-corrected chi connectivity index (χ0v) is 16.6. The van der Waals surface area contributed by atoms with Crippen molar-refractivity contribution in [3.8, 4) is 12.3 Å². The number of rotatable bonds is 8. The van der Waals surface area contributed by atoms with Crippen molar-refractivity contribution in [1.29, 1.82) is 0 Å². The summed E-state index contributed by atoms with van der Waals surface area (Å²) in [6.45, 7) is 0. The number of hydrogen-bond donors (Lipinski definition) is 0. The Bertz CT molecular complexity index is 862. The summed E-state index contributed by atoms with van der Waals surface area (Å²) < 4.78 is 12.9. The van der Waals surface area contributed by atoms with Crippen LogP contribution in [0.2, 0.25) is 5.02 Å². The third-order valence-corrected chi connectivity index (χ3v) is 6.63. The number of terminal acetylenes is 1. The molecule has 1 fully saturated rings. The summed E-state index contributed by atoms with van der Waals surface area (Å²) in [5, 5.41) is 0.419. The number of likely N-dealkylation sites (tertiary alicyclic amines) is 1. The summed E-state index contributed by atoms with van der Waals surface area (Å²) in [4.78, 5) is 14.2. The van der Waals surface area contributed by atoms with E-state index in [0.29, 0.717) is 36.5 Å². The summed E-state index contributed by atoms with van der Waals surface area (Å²) in [6.07, 6.45) is 7.71. The molecule has 0 radical (unpaired) electrons. The van der Waals surface area contributed by atoms with Crippen molar-refractivity contribution in [3.63, 3.8) is 0 Å². The highest BCUT2D eigenvalue weighted by molar-refractivity contribution is 7.85. The van der Waals surface area contributed by atoms with Crippen LogP contribution in [0.5, 0.6) is 0 Å². The first-order chi connectivity index (χ1) is 13.1. The van der Waals surface area contributed by atoms with E-state index in [4.69, 9.17) is 18.0 Å². The molecule has 1 heterocycles. The third-order valence-electron chi connectivity index (χ3n) is 4.78. The molecule has 2 aromatic rings. The Morgan fingerprint density at radius 3 is 2.59 bits per heavy atom. The molecule has 0 spiro atoms. The number of halogens is 1. The van der Waals surface area contributed by atoms with Gasteiger partial charge in [0.05, 0.1) is 12.2 Å². The second-order valence-corrected chi connectivity index (χ2v) is 8.73. The van der Waals surface area contributed by atoms with E-state index in [-0.39, 0.29) is 17.3 Å². The molecule has 1 aliphatic rings. The van der Waals surface area contributed by atoms with Crippen LogP contribution < -0.4 is 0 Å². The fraction of sp³-hybridized carbons (Fsp3) is 0.318. The highest BCUT2D eigenvalue weighted by Gasteiger charge is 2.43. The van der Waals surface area contributed by atoms with Gasteiger partial charge in [0.25, 0.3) is 0 Å². The molecule has 140 valence electrons. The summed E-state index contributed by atoms with van der Waals surface area (Å²) >= 11 is 6.10. The molecule has 3 nitrogen and oxygen atoms in total. The van der Waals surface area contributed by atoms with E-state index >= 15 is 0 Å². The first-order valence-electron chi connectivity index (χ1n) is 8.98. The average Bonchev–Trinajstić information content (AvgIpc) is 2.64. The zero-order valence-electron chi connectivity index (χ0n) is 15.0. The second kappa shape index (κ2) is 9.21. The number of hydrogen-bond acceptors (Lipinski definition) is 2. The summed E-state index contributed by atoms with van der Waals surface area (Å²) in [7, 11) is -1.14. The number of amides is 1. The van der Waals surface area contributed by atoms with Crippen LogP contribution in [-0.4, -0.2) is 26.4 Å². The van der Waals surface area contributed by atoms with Crippen LogP contribution in [-0.2, 0) is 27.8 Å². The molecule has 1 saturated heterocycles. The SMILES string of the molecule is C#CCCC(Cc1cccc(Cl)c1)N1C(=O)CC1S(=O)Cc1ccccc1. The monoisotopic (exact) mass is 399 g/mol. The van der Waals surface area contributed by atoms with Gasteiger partial charge in [0.2, 0.25) is 5.91 Å². The maximum absolute atomic E-state index is 12.9. The number of carbonyl (C=O) groups is 1. The number of β-lactam (4-membered cyclic amide) rings is 1. The standard InChI is InChI=1S/C22H22ClNO2S/c1-2-3-12-20(14-18-10-7-11-19(23)13-18)24-21(25)15-22(24)27(26)16-17-8-5-4-6-9-17/h1,4-11,13,20,22H,3,12,14-16H2. The second-order valence-electron chi connectivity index (χ2n) is 6.70. The lowest BCUT2D eigenvalue weighted by molar-refractivity contribution is -0.145. The van der Waals surface area contributed by atoms with Crippen LogP contribution >= 0.6 is 11.6 Å². The predicted octanol–water partition coefficient (Wildman–Crippen LogP) is 4.17. The first-order valence-corrected chi connectivity index (χ1v) is 10.7. The van der Waals surface area contributed by atoms with Crippen molar-refractivity contribution >= 4 is 28.3 Å². The molecule has 1 amide bonds. The molecule has 0 saturated carbocycles. The molecule has 0 N–H and O–H groups in total. The molecule has 0 aliphatic carbocycles. The quantitative estimate of drug-likeness (QED) is 0.493. The average molecular weight is 400 g/mol. The van der Waals surface area contributed by atoms with E-state index < -0.39 is 10.8 Å². The van der Waals surface area contributed by atoms with Crippen molar-refractivity contribution in [2.24, 2.45) is 0 Å². The van der Waals surface area contributed by atoms with Gasteiger partial charge in [-0.15, -0.1) is 12.3 Å². The topological polar surface area (TPSA) is 37.4 Å². The highest BCUT2D eigenvalue weighted by atomic mass is 35.5. The van der Waals surface area contributed by atoms with Crippen LogP contribution in [0.4, 0.5) is 0 Å². The van der Waals surface area contributed by atoms with E-state index in [9.17, 15) is 9.00 Å². The minimum absolute atomic E-state index is 0.0467. The van der Waals surface area contributed by atoms with Gasteiger partial charge in [-0.3, -0.25) is 9.00 Å². The Morgan fingerprint density at radius 2 is 1.93 bits per heavy atom. The van der Waals surface area contributed by atoms with Gasteiger partial charge < -0.3 is 4.90 Å². The van der Waals surface area contributed by atoms with Crippen molar-refractivity contribution in [2.75, 3.05) is 0 Å². The molecule has 3 atom stereocenters. The van der Waals surface area contributed by atoms with Crippen LogP contribution in [0.1, 0.15) is 30.4 Å². The summed E-state index contributed by atoms with van der Waals surface area (Å²) in [6, 6.07) is 17.3. The highest BCUT2D eigenvalue weighted by Crippen LogP contribution is 2.30. The van der Waals surface area contributed by atoms with Crippen LogP contribution in [0.15, 0.2) is 54.6 Å². The van der Waals surface area contributed by atoms with Crippen LogP contribution in [0, 0.1) is 12.3 Å². The number of benzene rings is 2. The summed E-state index contributed by atoms with van der Waals surface area (Å²) in [5.74, 6) is 3.16. The van der Waals surface area contributed by atoms with Gasteiger partial charge >= 0.3 is 0 Å². The van der Waals surface area contributed by atoms with Gasteiger partial charge in [-0.1, -0.05) is 54.1 Å². The maximum atomic E-state index is 12.9. The molecule has 2 aromatic carbocycles. The van der Waals surface area contributed by atoms with Gasteiger partial charge in [-0.05, 0) is 36.1 Å². The molecule has 0 bridgehead atoms.